The lowest BCUT2D eigenvalue weighted by Gasteiger charge is -2.33. The highest BCUT2D eigenvalue weighted by atomic mass is 19.2. The number of piperazine rings is 1. The normalized spacial score (nSPS) is 13.8. The molecule has 4 rings (SSSR count). The number of carboxylic acid groups (broad SMARTS) is 1. The largest absolute Gasteiger partial charge is 0.488 e. The molecule has 0 unspecified atom stereocenters. The van der Waals surface area contributed by atoms with E-state index in [2.05, 4.69) is 0 Å². The van der Waals surface area contributed by atoms with Gasteiger partial charge in [-0.15, -0.1) is 0 Å². The van der Waals surface area contributed by atoms with E-state index >= 15 is 0 Å². The zero-order valence-corrected chi connectivity index (χ0v) is 20.5. The zero-order chi connectivity index (χ0) is 26.4. The van der Waals surface area contributed by atoms with E-state index in [0.717, 1.165) is 17.7 Å². The fourth-order valence-electron chi connectivity index (χ4n) is 4.22. The predicted molar refractivity (Wildman–Crippen MR) is 131 cm³/mol. The number of nitrogens with zero attached hydrogens (tertiary/aromatic N) is 3. The molecule has 2 aromatic carbocycles. The van der Waals surface area contributed by atoms with Crippen molar-refractivity contribution in [2.45, 2.75) is 6.61 Å². The highest BCUT2D eigenvalue weighted by Crippen LogP contribution is 2.35. The summed E-state index contributed by atoms with van der Waals surface area (Å²) in [5.41, 5.74) is 1.50. The van der Waals surface area contributed by atoms with Crippen molar-refractivity contribution in [2.24, 2.45) is 7.05 Å². The predicted octanol–water partition coefficient (Wildman–Crippen LogP) is 3.50. The maximum Gasteiger partial charge on any atom is 0.407 e. The molecule has 37 heavy (non-hydrogen) atoms. The molecule has 0 bridgehead atoms. The van der Waals surface area contributed by atoms with E-state index < -0.39 is 23.6 Å². The van der Waals surface area contributed by atoms with Gasteiger partial charge in [0, 0.05) is 44.7 Å². The van der Waals surface area contributed by atoms with Crippen molar-refractivity contribution in [3.8, 4) is 5.75 Å². The average Bonchev–Trinajstić information content (AvgIpc) is 3.16. The number of rotatable bonds is 10. The van der Waals surface area contributed by atoms with Crippen molar-refractivity contribution >= 4 is 22.9 Å². The van der Waals surface area contributed by atoms with Crippen LogP contribution in [-0.4, -0.2) is 84.1 Å². The molecule has 11 heteroatoms. The first kappa shape index (κ1) is 26.4. The minimum atomic E-state index is -1.05. The Kier molecular flexibility index (Phi) is 8.57. The Labute approximate surface area is 212 Å². The zero-order valence-electron chi connectivity index (χ0n) is 20.5. The van der Waals surface area contributed by atoms with Gasteiger partial charge in [-0.3, -0.25) is 4.79 Å². The number of hydrogen-bond acceptors (Lipinski definition) is 5. The second-order valence-corrected chi connectivity index (χ2v) is 8.58. The van der Waals surface area contributed by atoms with Crippen molar-refractivity contribution in [2.75, 3.05) is 52.6 Å². The first-order valence-electron chi connectivity index (χ1n) is 11.9. The first-order valence-corrected chi connectivity index (χ1v) is 11.9. The number of carbonyl (C=O) groups excluding carboxylic acids is 1. The maximum absolute atomic E-state index is 14.1. The van der Waals surface area contributed by atoms with Gasteiger partial charge in [0.1, 0.15) is 6.61 Å². The van der Waals surface area contributed by atoms with Gasteiger partial charge >= 0.3 is 6.09 Å². The summed E-state index contributed by atoms with van der Waals surface area (Å²) in [6, 6.07) is 11.8. The van der Waals surface area contributed by atoms with E-state index in [0.29, 0.717) is 25.3 Å². The van der Waals surface area contributed by atoms with E-state index in [1.807, 2.05) is 30.3 Å². The topological polar surface area (TPSA) is 93.5 Å². The van der Waals surface area contributed by atoms with Crippen molar-refractivity contribution in [1.29, 1.82) is 0 Å². The quantitative estimate of drug-likeness (QED) is 0.414. The molecule has 1 saturated heterocycles. The summed E-state index contributed by atoms with van der Waals surface area (Å²) < 4.78 is 46.6. The molecule has 9 nitrogen and oxygen atoms in total. The molecule has 1 aliphatic rings. The van der Waals surface area contributed by atoms with Crippen molar-refractivity contribution in [3.63, 3.8) is 0 Å². The van der Waals surface area contributed by atoms with Crippen molar-refractivity contribution in [1.82, 2.24) is 14.4 Å². The number of hydrogen-bond donors (Lipinski definition) is 1. The summed E-state index contributed by atoms with van der Waals surface area (Å²) in [4.78, 5) is 27.3. The molecule has 1 aromatic heterocycles. The number of ether oxygens (including phenoxy) is 3. The van der Waals surface area contributed by atoms with Gasteiger partial charge in [-0.05, 0) is 11.6 Å². The summed E-state index contributed by atoms with van der Waals surface area (Å²) in [6.07, 6.45) is -1.04. The van der Waals surface area contributed by atoms with Crippen LogP contribution >= 0.6 is 0 Å². The fraction of sp³-hybridized carbons (Fsp3) is 0.385. The summed E-state index contributed by atoms with van der Waals surface area (Å²) in [5.74, 6) is -2.36. The van der Waals surface area contributed by atoms with Crippen LogP contribution in [0.25, 0.3) is 10.9 Å². The fourth-order valence-corrected chi connectivity index (χ4v) is 4.22. The lowest BCUT2D eigenvalue weighted by Crippen LogP contribution is -2.50. The molecule has 3 aromatic rings. The van der Waals surface area contributed by atoms with E-state index in [1.165, 1.54) is 14.4 Å². The SMILES string of the molecule is Cn1c(C(=O)N2CCN(C(=O)O)CC2)c(OCCOCCOCc2ccccc2)c2cc(F)c(F)cc21. The van der Waals surface area contributed by atoms with Crippen LogP contribution in [0.3, 0.4) is 0 Å². The number of benzene rings is 2. The molecule has 2 heterocycles. The summed E-state index contributed by atoms with van der Waals surface area (Å²) in [7, 11) is 1.58. The number of aryl methyl sites for hydroxylation is 1. The minimum absolute atomic E-state index is 0.0733. The van der Waals surface area contributed by atoms with Crippen molar-refractivity contribution < 1.29 is 37.7 Å². The van der Waals surface area contributed by atoms with Gasteiger partial charge in [-0.2, -0.15) is 0 Å². The first-order chi connectivity index (χ1) is 17.9. The number of carbonyl (C=O) groups is 2. The van der Waals surface area contributed by atoms with E-state index in [9.17, 15) is 18.4 Å². The molecule has 0 aliphatic carbocycles. The van der Waals surface area contributed by atoms with Crippen LogP contribution in [0.1, 0.15) is 16.1 Å². The van der Waals surface area contributed by atoms with Gasteiger partial charge < -0.3 is 33.7 Å². The summed E-state index contributed by atoms with van der Waals surface area (Å²) in [5, 5.41) is 9.43. The Bertz CT molecular complexity index is 1240. The molecular formula is C26H29F2N3O6. The monoisotopic (exact) mass is 517 g/mol. The third kappa shape index (κ3) is 6.17. The third-order valence-corrected chi connectivity index (χ3v) is 6.19. The molecule has 1 aliphatic heterocycles. The summed E-state index contributed by atoms with van der Waals surface area (Å²) >= 11 is 0. The summed E-state index contributed by atoms with van der Waals surface area (Å²) in [6.45, 7) is 2.20. The molecular weight excluding hydrogens is 488 g/mol. The minimum Gasteiger partial charge on any atom is -0.488 e. The van der Waals surface area contributed by atoms with Crippen LogP contribution in [0.2, 0.25) is 0 Å². The standard InChI is InChI=1S/C26H29F2N3O6/c1-29-22-16-21(28)20(27)15-19(22)24(23(29)25(32)30-7-9-31(10-8-30)26(33)34)37-14-13-35-11-12-36-17-18-5-3-2-4-6-18/h2-6,15-16H,7-14,17H2,1H3,(H,33,34). The molecule has 0 saturated carbocycles. The molecule has 198 valence electrons. The number of halogens is 2. The van der Waals surface area contributed by atoms with Crippen LogP contribution in [0.15, 0.2) is 42.5 Å². The van der Waals surface area contributed by atoms with Crippen LogP contribution < -0.4 is 4.74 Å². The maximum atomic E-state index is 14.1. The second kappa shape index (κ2) is 12.0. The van der Waals surface area contributed by atoms with E-state index in [-0.39, 0.29) is 56.2 Å². The number of amides is 2. The molecule has 1 N–H and O–H groups in total. The third-order valence-electron chi connectivity index (χ3n) is 6.19. The smallest absolute Gasteiger partial charge is 0.407 e. The molecule has 0 spiro atoms. The highest BCUT2D eigenvalue weighted by Gasteiger charge is 2.30. The molecule has 2 amide bonds. The van der Waals surface area contributed by atoms with Gasteiger partial charge in [-0.1, -0.05) is 30.3 Å². The van der Waals surface area contributed by atoms with Crippen molar-refractivity contribution in [3.05, 3.63) is 65.4 Å². The van der Waals surface area contributed by atoms with Gasteiger partial charge in [0.05, 0.1) is 31.9 Å². The van der Waals surface area contributed by atoms with Crippen LogP contribution in [-0.2, 0) is 23.1 Å². The highest BCUT2D eigenvalue weighted by molar-refractivity contribution is 6.04. The lowest BCUT2D eigenvalue weighted by atomic mass is 10.2. The van der Waals surface area contributed by atoms with Crippen LogP contribution in [0, 0.1) is 11.6 Å². The van der Waals surface area contributed by atoms with Gasteiger partial charge in [0.15, 0.2) is 23.1 Å². The van der Waals surface area contributed by atoms with Gasteiger partial charge in [0.2, 0.25) is 0 Å². The Morgan fingerprint density at radius 3 is 2.22 bits per heavy atom. The van der Waals surface area contributed by atoms with E-state index in [4.69, 9.17) is 19.3 Å². The van der Waals surface area contributed by atoms with E-state index in [1.54, 1.807) is 7.05 Å². The lowest BCUT2D eigenvalue weighted by molar-refractivity contribution is 0.0302. The second-order valence-electron chi connectivity index (χ2n) is 8.58. The average molecular weight is 518 g/mol. The Hall–Kier alpha value is -3.70. The number of fused-ring (bicyclic) bond motifs is 1. The van der Waals surface area contributed by atoms with Crippen LogP contribution in [0.5, 0.6) is 5.75 Å². The Morgan fingerprint density at radius 1 is 0.892 bits per heavy atom. The van der Waals surface area contributed by atoms with Gasteiger partial charge in [0.25, 0.3) is 5.91 Å². The number of aromatic nitrogens is 1. The molecule has 1 fully saturated rings. The molecule has 0 atom stereocenters. The molecule has 0 radical (unpaired) electrons. The van der Waals surface area contributed by atoms with Crippen LogP contribution in [0.4, 0.5) is 13.6 Å². The Morgan fingerprint density at radius 2 is 1.51 bits per heavy atom. The van der Waals surface area contributed by atoms with Gasteiger partial charge in [-0.25, -0.2) is 13.6 Å². The Balaban J connectivity index is 1.39.